The lowest BCUT2D eigenvalue weighted by atomic mass is 10.0. The van der Waals surface area contributed by atoms with Gasteiger partial charge < -0.3 is 10.0 Å². The van der Waals surface area contributed by atoms with Gasteiger partial charge >= 0.3 is 0 Å². The number of nitrogens with zero attached hydrogens (tertiary/aromatic N) is 4. The molecule has 1 aliphatic heterocycles. The summed E-state index contributed by atoms with van der Waals surface area (Å²) in [6.07, 6.45) is 0.789. The van der Waals surface area contributed by atoms with Crippen LogP contribution in [-0.4, -0.2) is 58.3 Å². The normalized spacial score (nSPS) is 20.6. The molecule has 25 heavy (non-hydrogen) atoms. The van der Waals surface area contributed by atoms with Crippen molar-refractivity contribution in [2.75, 3.05) is 31.1 Å². The molecule has 3 heterocycles. The average molecular weight is 363 g/mol. The molecule has 1 fully saturated rings. The summed E-state index contributed by atoms with van der Waals surface area (Å²) >= 11 is 1.74. The molecular formula is C19H30N4OS. The SMILES string of the molecule is Cc1nc(N2CCN(CC(C)O)CC2C)c2c(CC(C)C)csc2n1. The summed E-state index contributed by atoms with van der Waals surface area (Å²) in [6, 6.07) is 0.372. The first-order valence-electron chi connectivity index (χ1n) is 9.27. The van der Waals surface area contributed by atoms with E-state index in [-0.39, 0.29) is 6.10 Å². The van der Waals surface area contributed by atoms with Crippen molar-refractivity contribution in [3.05, 3.63) is 16.8 Å². The van der Waals surface area contributed by atoms with E-state index in [1.54, 1.807) is 11.3 Å². The molecule has 0 saturated carbocycles. The molecule has 138 valence electrons. The van der Waals surface area contributed by atoms with Crippen LogP contribution in [0.3, 0.4) is 0 Å². The first-order valence-corrected chi connectivity index (χ1v) is 10.1. The Morgan fingerprint density at radius 3 is 2.68 bits per heavy atom. The summed E-state index contributed by atoms with van der Waals surface area (Å²) < 4.78 is 0. The van der Waals surface area contributed by atoms with Crippen LogP contribution in [0.25, 0.3) is 10.2 Å². The smallest absolute Gasteiger partial charge is 0.141 e. The van der Waals surface area contributed by atoms with E-state index >= 15 is 0 Å². The number of rotatable bonds is 5. The van der Waals surface area contributed by atoms with Crippen molar-refractivity contribution in [2.24, 2.45) is 5.92 Å². The third-order valence-corrected chi connectivity index (χ3v) is 5.66. The molecule has 2 unspecified atom stereocenters. The Kier molecular flexibility index (Phi) is 5.61. The molecule has 6 heteroatoms. The zero-order valence-corrected chi connectivity index (χ0v) is 16.8. The Bertz CT molecular complexity index is 728. The van der Waals surface area contributed by atoms with E-state index in [4.69, 9.17) is 4.98 Å². The van der Waals surface area contributed by atoms with E-state index in [1.165, 1.54) is 10.9 Å². The van der Waals surface area contributed by atoms with E-state index in [2.05, 4.69) is 40.9 Å². The molecule has 0 amide bonds. The third-order valence-electron chi connectivity index (χ3n) is 4.74. The number of aliphatic hydroxyl groups is 1. The predicted octanol–water partition coefficient (Wildman–Crippen LogP) is 3.09. The van der Waals surface area contributed by atoms with E-state index < -0.39 is 0 Å². The lowest BCUT2D eigenvalue weighted by molar-refractivity contribution is 0.114. The fraction of sp³-hybridized carbons (Fsp3) is 0.684. The lowest BCUT2D eigenvalue weighted by Gasteiger charge is -2.41. The molecule has 2 aromatic rings. The van der Waals surface area contributed by atoms with Crippen molar-refractivity contribution in [3.8, 4) is 0 Å². The Balaban J connectivity index is 1.93. The number of anilines is 1. The molecule has 5 nitrogen and oxygen atoms in total. The molecule has 0 aromatic carbocycles. The standard InChI is InChI=1S/C19H30N4OS/c1-12(2)8-16-11-25-19-17(16)18(20-15(5)21-19)23-7-6-22(9-13(23)3)10-14(4)24/h11-14,24H,6-10H2,1-5H3. The zero-order chi connectivity index (χ0) is 18.1. The molecule has 0 aliphatic carbocycles. The van der Waals surface area contributed by atoms with Gasteiger partial charge in [0.25, 0.3) is 0 Å². The van der Waals surface area contributed by atoms with Crippen molar-refractivity contribution in [1.29, 1.82) is 0 Å². The highest BCUT2D eigenvalue weighted by molar-refractivity contribution is 7.17. The molecule has 3 rings (SSSR count). The molecule has 0 radical (unpaired) electrons. The fourth-order valence-corrected chi connectivity index (χ4v) is 4.76. The summed E-state index contributed by atoms with van der Waals surface area (Å²) in [4.78, 5) is 15.4. The van der Waals surface area contributed by atoms with E-state index in [0.29, 0.717) is 12.0 Å². The average Bonchev–Trinajstić information content (AvgIpc) is 2.88. The Hall–Kier alpha value is -1.24. The van der Waals surface area contributed by atoms with Gasteiger partial charge in [-0.3, -0.25) is 4.90 Å². The first kappa shape index (κ1) is 18.5. The zero-order valence-electron chi connectivity index (χ0n) is 16.0. The molecule has 0 spiro atoms. The number of aromatic nitrogens is 2. The third kappa shape index (κ3) is 4.13. The number of aliphatic hydroxyl groups excluding tert-OH is 1. The lowest BCUT2D eigenvalue weighted by Crippen LogP contribution is -2.53. The maximum Gasteiger partial charge on any atom is 0.141 e. The second-order valence-electron chi connectivity index (χ2n) is 7.78. The summed E-state index contributed by atoms with van der Waals surface area (Å²) in [6.45, 7) is 14.2. The number of β-amino-alcohol motifs (C(OH)–C–C–N with tert-alkyl or cyclic N) is 1. The van der Waals surface area contributed by atoms with Crippen LogP contribution in [-0.2, 0) is 6.42 Å². The highest BCUT2D eigenvalue weighted by Crippen LogP contribution is 2.35. The highest BCUT2D eigenvalue weighted by atomic mass is 32.1. The van der Waals surface area contributed by atoms with Gasteiger partial charge in [-0.1, -0.05) is 13.8 Å². The molecule has 0 bridgehead atoms. The van der Waals surface area contributed by atoms with Gasteiger partial charge in [0.15, 0.2) is 0 Å². The van der Waals surface area contributed by atoms with Gasteiger partial charge in [0.2, 0.25) is 0 Å². The number of aryl methyl sites for hydroxylation is 1. The number of thiophene rings is 1. The minimum Gasteiger partial charge on any atom is -0.392 e. The Morgan fingerprint density at radius 1 is 1.28 bits per heavy atom. The Labute approximate surface area is 154 Å². The van der Waals surface area contributed by atoms with Gasteiger partial charge in [0, 0.05) is 32.2 Å². The van der Waals surface area contributed by atoms with Crippen LogP contribution in [0, 0.1) is 12.8 Å². The monoisotopic (exact) mass is 362 g/mol. The van der Waals surface area contributed by atoms with Crippen LogP contribution in [0.15, 0.2) is 5.38 Å². The minimum atomic E-state index is -0.277. The Morgan fingerprint density at radius 2 is 2.04 bits per heavy atom. The summed E-state index contributed by atoms with van der Waals surface area (Å²) in [5.74, 6) is 2.56. The van der Waals surface area contributed by atoms with E-state index in [0.717, 1.165) is 49.1 Å². The van der Waals surface area contributed by atoms with Crippen molar-refractivity contribution in [2.45, 2.75) is 53.2 Å². The van der Waals surface area contributed by atoms with Crippen molar-refractivity contribution >= 4 is 27.4 Å². The number of hydrogen-bond acceptors (Lipinski definition) is 6. The van der Waals surface area contributed by atoms with Crippen LogP contribution >= 0.6 is 11.3 Å². The molecule has 2 atom stereocenters. The molecule has 1 saturated heterocycles. The number of hydrogen-bond donors (Lipinski definition) is 1. The van der Waals surface area contributed by atoms with Gasteiger partial charge in [-0.05, 0) is 44.1 Å². The van der Waals surface area contributed by atoms with Crippen molar-refractivity contribution < 1.29 is 5.11 Å². The minimum absolute atomic E-state index is 0.277. The van der Waals surface area contributed by atoms with Gasteiger partial charge in [-0.2, -0.15) is 0 Å². The van der Waals surface area contributed by atoms with Crippen LogP contribution in [0.5, 0.6) is 0 Å². The van der Waals surface area contributed by atoms with Crippen LogP contribution in [0.1, 0.15) is 39.1 Å². The number of piperazine rings is 1. The maximum absolute atomic E-state index is 9.67. The van der Waals surface area contributed by atoms with Gasteiger partial charge in [0.1, 0.15) is 16.5 Å². The number of fused-ring (bicyclic) bond motifs is 1. The summed E-state index contributed by atoms with van der Waals surface area (Å²) in [7, 11) is 0. The van der Waals surface area contributed by atoms with Crippen molar-refractivity contribution in [1.82, 2.24) is 14.9 Å². The predicted molar refractivity (Wildman–Crippen MR) is 106 cm³/mol. The van der Waals surface area contributed by atoms with Crippen LogP contribution < -0.4 is 4.90 Å². The molecular weight excluding hydrogens is 332 g/mol. The fourth-order valence-electron chi connectivity index (χ4n) is 3.77. The van der Waals surface area contributed by atoms with E-state index in [1.807, 2.05) is 13.8 Å². The second kappa shape index (κ2) is 7.56. The molecule has 2 aromatic heterocycles. The summed E-state index contributed by atoms with van der Waals surface area (Å²) in [5.41, 5.74) is 1.38. The molecule has 1 N–H and O–H groups in total. The van der Waals surface area contributed by atoms with Crippen LogP contribution in [0.4, 0.5) is 5.82 Å². The highest BCUT2D eigenvalue weighted by Gasteiger charge is 2.28. The van der Waals surface area contributed by atoms with Crippen LogP contribution in [0.2, 0.25) is 0 Å². The first-order chi connectivity index (χ1) is 11.8. The van der Waals surface area contributed by atoms with Gasteiger partial charge in [0.05, 0.1) is 11.5 Å². The van der Waals surface area contributed by atoms with Crippen molar-refractivity contribution in [3.63, 3.8) is 0 Å². The summed E-state index contributed by atoms with van der Waals surface area (Å²) in [5, 5.41) is 13.2. The molecule has 1 aliphatic rings. The maximum atomic E-state index is 9.67. The van der Waals surface area contributed by atoms with E-state index in [9.17, 15) is 5.11 Å². The second-order valence-corrected chi connectivity index (χ2v) is 8.64. The van der Waals surface area contributed by atoms with Gasteiger partial charge in [-0.15, -0.1) is 11.3 Å². The van der Waals surface area contributed by atoms with Gasteiger partial charge in [-0.25, -0.2) is 9.97 Å². The topological polar surface area (TPSA) is 52.5 Å². The quantitative estimate of drug-likeness (QED) is 0.886. The largest absolute Gasteiger partial charge is 0.392 e.